The smallest absolute Gasteiger partial charge is 0.00168 e. The lowest BCUT2D eigenvalue weighted by atomic mass is 10.1. The summed E-state index contributed by atoms with van der Waals surface area (Å²) < 4.78 is 0. The highest BCUT2D eigenvalue weighted by Crippen LogP contribution is 2.35. The Kier molecular flexibility index (Phi) is 2.05. The summed E-state index contributed by atoms with van der Waals surface area (Å²) in [6.07, 6.45) is 5.53. The van der Waals surface area contributed by atoms with Crippen LogP contribution in [0.25, 0.3) is 5.57 Å². The average Bonchev–Trinajstić information content (AvgIpc) is 2.55. The zero-order valence-electron chi connectivity index (χ0n) is 8.17. The largest absolute Gasteiger partial charge is 0.0835 e. The summed E-state index contributed by atoms with van der Waals surface area (Å²) in [5, 5.41) is 0. The molecule has 66 valence electrons. The minimum Gasteiger partial charge on any atom is -0.0835 e. The fraction of sp³-hybridized carbons (Fsp3) is 0.231. The maximum atomic E-state index is 2.22. The first kappa shape index (κ1) is 8.31. The molecule has 0 fully saturated rings. The van der Waals surface area contributed by atoms with Crippen molar-refractivity contribution in [1.29, 1.82) is 0 Å². The molecule has 1 aromatic rings. The van der Waals surface area contributed by atoms with Crippen LogP contribution in [0.3, 0.4) is 0 Å². The van der Waals surface area contributed by atoms with Crippen molar-refractivity contribution in [3.63, 3.8) is 0 Å². The Labute approximate surface area is 79.6 Å². The number of benzene rings is 1. The zero-order chi connectivity index (χ0) is 9.26. The highest BCUT2D eigenvalue weighted by atomic mass is 14.2. The van der Waals surface area contributed by atoms with Crippen LogP contribution in [-0.2, 0) is 6.42 Å². The second-order valence-electron chi connectivity index (χ2n) is 3.35. The quantitative estimate of drug-likeness (QED) is 0.558. The molecule has 0 heterocycles. The molecule has 0 radical (unpaired) electrons. The van der Waals surface area contributed by atoms with Crippen LogP contribution in [-0.4, -0.2) is 0 Å². The van der Waals surface area contributed by atoms with Crippen LogP contribution in [0.5, 0.6) is 0 Å². The van der Waals surface area contributed by atoms with Crippen LogP contribution in [0.4, 0.5) is 0 Å². The van der Waals surface area contributed by atoms with Gasteiger partial charge in [-0.2, -0.15) is 0 Å². The molecule has 0 N–H and O–H groups in total. The second-order valence-corrected chi connectivity index (χ2v) is 3.35. The number of fused-ring (bicyclic) bond motifs is 1. The van der Waals surface area contributed by atoms with Crippen LogP contribution in [0, 0.1) is 0 Å². The average molecular weight is 170 g/mol. The van der Waals surface area contributed by atoms with Crippen LogP contribution in [0.2, 0.25) is 0 Å². The van der Waals surface area contributed by atoms with E-state index in [0.29, 0.717) is 0 Å². The van der Waals surface area contributed by atoms with Crippen molar-refractivity contribution >= 4 is 5.57 Å². The molecule has 1 aliphatic rings. The summed E-state index contributed by atoms with van der Waals surface area (Å²) in [6, 6.07) is 8.65. The molecule has 0 saturated carbocycles. The maximum absolute atomic E-state index is 2.22. The Hall–Kier alpha value is -1.30. The number of rotatable bonds is 0. The second kappa shape index (κ2) is 3.21. The van der Waals surface area contributed by atoms with Gasteiger partial charge in [-0.3, -0.25) is 0 Å². The molecule has 0 saturated heterocycles. The highest BCUT2D eigenvalue weighted by molar-refractivity contribution is 5.85. The summed E-state index contributed by atoms with van der Waals surface area (Å²) in [7, 11) is 0. The van der Waals surface area contributed by atoms with Gasteiger partial charge in [0, 0.05) is 0 Å². The minimum atomic E-state index is 1.10. The van der Waals surface area contributed by atoms with Gasteiger partial charge in [-0.1, -0.05) is 36.4 Å². The predicted molar refractivity (Wildman–Crippen MR) is 57.6 cm³/mol. The van der Waals surface area contributed by atoms with Gasteiger partial charge < -0.3 is 0 Å². The maximum Gasteiger partial charge on any atom is -0.00168 e. The molecule has 0 amide bonds. The summed E-state index contributed by atoms with van der Waals surface area (Å²) in [5.74, 6) is 0. The number of hydrogen-bond acceptors (Lipinski definition) is 0. The van der Waals surface area contributed by atoms with Crippen molar-refractivity contribution in [2.75, 3.05) is 0 Å². The third-order valence-corrected chi connectivity index (χ3v) is 2.67. The van der Waals surface area contributed by atoms with E-state index < -0.39 is 0 Å². The van der Waals surface area contributed by atoms with Crippen molar-refractivity contribution in [3.8, 4) is 0 Å². The summed E-state index contributed by atoms with van der Waals surface area (Å²) >= 11 is 0. The van der Waals surface area contributed by atoms with Gasteiger partial charge in [-0.05, 0) is 42.5 Å². The third-order valence-electron chi connectivity index (χ3n) is 2.67. The normalized spacial score (nSPS) is 21.1. The molecule has 0 heteroatoms. The molecule has 0 spiro atoms. The predicted octanol–water partition coefficient (Wildman–Crippen LogP) is 3.59. The first-order chi connectivity index (χ1) is 6.36. The molecule has 2 rings (SSSR count). The van der Waals surface area contributed by atoms with Crippen LogP contribution in [0.1, 0.15) is 25.0 Å². The Morgan fingerprint density at radius 2 is 1.85 bits per heavy atom. The lowest BCUT2D eigenvalue weighted by Gasteiger charge is -1.99. The van der Waals surface area contributed by atoms with Gasteiger partial charge in [0.1, 0.15) is 0 Å². The fourth-order valence-corrected chi connectivity index (χ4v) is 2.01. The van der Waals surface area contributed by atoms with Crippen molar-refractivity contribution in [2.45, 2.75) is 20.3 Å². The van der Waals surface area contributed by atoms with Crippen molar-refractivity contribution in [2.24, 2.45) is 0 Å². The van der Waals surface area contributed by atoms with E-state index >= 15 is 0 Å². The Morgan fingerprint density at radius 3 is 2.54 bits per heavy atom. The SMILES string of the molecule is C/C=C1/Cc2ccccc2/C1=C/C. The zero-order valence-corrected chi connectivity index (χ0v) is 8.17. The van der Waals surface area contributed by atoms with Gasteiger partial charge in [0.15, 0.2) is 0 Å². The van der Waals surface area contributed by atoms with E-state index in [-0.39, 0.29) is 0 Å². The first-order valence-corrected chi connectivity index (χ1v) is 4.77. The standard InChI is InChI=1S/C13H14/c1-3-10-9-11-7-5-6-8-13(11)12(10)4-2/h3-8H,9H2,1-2H3/b10-3-,12-4+. The van der Waals surface area contributed by atoms with Gasteiger partial charge in [0.2, 0.25) is 0 Å². The summed E-state index contributed by atoms with van der Waals surface area (Å²) in [6.45, 7) is 4.23. The monoisotopic (exact) mass is 170 g/mol. The highest BCUT2D eigenvalue weighted by Gasteiger charge is 2.18. The van der Waals surface area contributed by atoms with E-state index in [1.165, 1.54) is 22.3 Å². The molecule has 0 bridgehead atoms. The number of allylic oxidation sites excluding steroid dienone is 4. The lowest BCUT2D eigenvalue weighted by Crippen LogP contribution is -1.78. The van der Waals surface area contributed by atoms with E-state index in [1.54, 1.807) is 0 Å². The van der Waals surface area contributed by atoms with E-state index in [2.05, 4.69) is 50.3 Å². The van der Waals surface area contributed by atoms with Crippen molar-refractivity contribution in [1.82, 2.24) is 0 Å². The first-order valence-electron chi connectivity index (χ1n) is 4.77. The molecular weight excluding hydrogens is 156 g/mol. The fourth-order valence-electron chi connectivity index (χ4n) is 2.01. The molecule has 0 unspecified atom stereocenters. The van der Waals surface area contributed by atoms with Crippen molar-refractivity contribution in [3.05, 3.63) is 53.1 Å². The number of hydrogen-bond donors (Lipinski definition) is 0. The Morgan fingerprint density at radius 1 is 1.08 bits per heavy atom. The molecule has 0 aromatic heterocycles. The molecule has 13 heavy (non-hydrogen) atoms. The molecule has 0 nitrogen and oxygen atoms in total. The molecule has 1 aliphatic carbocycles. The molecule has 0 atom stereocenters. The van der Waals surface area contributed by atoms with Gasteiger partial charge in [-0.15, -0.1) is 0 Å². The molecular formula is C13H14. The summed E-state index contributed by atoms with van der Waals surface area (Å²) in [4.78, 5) is 0. The topological polar surface area (TPSA) is 0 Å². The van der Waals surface area contributed by atoms with Gasteiger partial charge >= 0.3 is 0 Å². The van der Waals surface area contributed by atoms with Crippen LogP contribution < -0.4 is 0 Å². The van der Waals surface area contributed by atoms with E-state index in [1.807, 2.05) is 0 Å². The minimum absolute atomic E-state index is 1.10. The van der Waals surface area contributed by atoms with Gasteiger partial charge in [-0.25, -0.2) is 0 Å². The summed E-state index contributed by atoms with van der Waals surface area (Å²) in [5.41, 5.74) is 5.75. The third kappa shape index (κ3) is 1.23. The molecule has 1 aromatic carbocycles. The van der Waals surface area contributed by atoms with E-state index in [4.69, 9.17) is 0 Å². The van der Waals surface area contributed by atoms with Crippen LogP contribution >= 0.6 is 0 Å². The van der Waals surface area contributed by atoms with E-state index in [0.717, 1.165) is 6.42 Å². The molecule has 0 aliphatic heterocycles. The van der Waals surface area contributed by atoms with Crippen LogP contribution in [0.15, 0.2) is 42.0 Å². The van der Waals surface area contributed by atoms with Gasteiger partial charge in [0.05, 0.1) is 0 Å². The van der Waals surface area contributed by atoms with Crippen molar-refractivity contribution < 1.29 is 0 Å². The Bertz CT molecular complexity index is 381. The van der Waals surface area contributed by atoms with Gasteiger partial charge in [0.25, 0.3) is 0 Å². The Balaban J connectivity index is 2.59. The van der Waals surface area contributed by atoms with E-state index in [9.17, 15) is 0 Å². The lowest BCUT2D eigenvalue weighted by molar-refractivity contribution is 1.26.